The Morgan fingerprint density at radius 2 is 2.20 bits per heavy atom. The van der Waals surface area contributed by atoms with Gasteiger partial charge in [0.25, 0.3) is 0 Å². The molecular weight excluding hydrogens is 193 g/mol. The van der Waals surface area contributed by atoms with E-state index < -0.39 is 0 Å². The van der Waals surface area contributed by atoms with E-state index in [-0.39, 0.29) is 24.1 Å². The minimum absolute atomic E-state index is 0.0544. The van der Waals surface area contributed by atoms with Gasteiger partial charge in [0.05, 0.1) is 0 Å². The van der Waals surface area contributed by atoms with Gasteiger partial charge in [-0.2, -0.15) is 0 Å². The van der Waals surface area contributed by atoms with Crippen LogP contribution in [0.3, 0.4) is 0 Å². The second-order valence-corrected chi connectivity index (χ2v) is 3.97. The molecule has 0 amide bonds. The van der Waals surface area contributed by atoms with Crippen molar-refractivity contribution in [3.63, 3.8) is 0 Å². The molecule has 0 bridgehead atoms. The Labute approximate surface area is 89.3 Å². The largest absolute Gasteiger partial charge is 0.328 e. The van der Waals surface area contributed by atoms with Crippen LogP contribution in [0.15, 0.2) is 18.2 Å². The van der Waals surface area contributed by atoms with Gasteiger partial charge >= 0.3 is 0 Å². The summed E-state index contributed by atoms with van der Waals surface area (Å²) in [6.45, 7) is 3.66. The molecule has 2 N–H and O–H groups in total. The third-order valence-corrected chi connectivity index (χ3v) is 2.25. The number of halogens is 1. The summed E-state index contributed by atoms with van der Waals surface area (Å²) in [5, 5.41) is 0. The fourth-order valence-corrected chi connectivity index (χ4v) is 1.47. The maximum absolute atomic E-state index is 12.9. The zero-order valence-electron chi connectivity index (χ0n) is 9.09. The van der Waals surface area contributed by atoms with Crippen molar-refractivity contribution in [2.75, 3.05) is 0 Å². The van der Waals surface area contributed by atoms with Gasteiger partial charge in [-0.3, -0.25) is 4.79 Å². The Morgan fingerprint density at radius 3 is 2.80 bits per heavy atom. The van der Waals surface area contributed by atoms with Crippen LogP contribution in [0.4, 0.5) is 4.39 Å². The lowest BCUT2D eigenvalue weighted by atomic mass is 10.0. The predicted octanol–water partition coefficient (Wildman–Crippen LogP) is 1.98. The fraction of sp³-hybridized carbons (Fsp3) is 0.417. The number of ketones is 1. The predicted molar refractivity (Wildman–Crippen MR) is 58.1 cm³/mol. The Balaban J connectivity index is 2.71. The number of hydrogen-bond acceptors (Lipinski definition) is 2. The summed E-state index contributed by atoms with van der Waals surface area (Å²) in [5.74, 6) is -0.247. The van der Waals surface area contributed by atoms with Gasteiger partial charge in [-0.1, -0.05) is 6.07 Å². The number of hydrogen-bond donors (Lipinski definition) is 1. The van der Waals surface area contributed by atoms with Crippen molar-refractivity contribution in [3.05, 3.63) is 35.1 Å². The minimum atomic E-state index is -0.302. The molecule has 0 aliphatic heterocycles. The Morgan fingerprint density at radius 1 is 1.53 bits per heavy atom. The molecule has 0 saturated heterocycles. The number of aryl methyl sites for hydroxylation is 1. The average molecular weight is 209 g/mol. The van der Waals surface area contributed by atoms with Crippen LogP contribution in [-0.4, -0.2) is 11.8 Å². The number of carbonyl (C=O) groups is 1. The summed E-state index contributed by atoms with van der Waals surface area (Å²) in [5.41, 5.74) is 7.21. The lowest BCUT2D eigenvalue weighted by Gasteiger charge is -2.07. The lowest BCUT2D eigenvalue weighted by molar-refractivity contribution is -0.118. The first-order chi connectivity index (χ1) is 6.99. The summed E-state index contributed by atoms with van der Waals surface area (Å²) in [7, 11) is 0. The van der Waals surface area contributed by atoms with Crippen LogP contribution in [-0.2, 0) is 11.2 Å². The maximum Gasteiger partial charge on any atom is 0.138 e. The molecule has 1 aromatic rings. The van der Waals surface area contributed by atoms with Crippen LogP contribution < -0.4 is 5.73 Å². The highest BCUT2D eigenvalue weighted by Crippen LogP contribution is 2.12. The van der Waals surface area contributed by atoms with Crippen LogP contribution in [0, 0.1) is 12.7 Å². The zero-order chi connectivity index (χ0) is 11.4. The van der Waals surface area contributed by atoms with E-state index in [2.05, 4.69) is 0 Å². The molecule has 1 aromatic carbocycles. The van der Waals surface area contributed by atoms with Crippen LogP contribution in [0.25, 0.3) is 0 Å². The number of nitrogens with two attached hydrogens (primary N) is 1. The lowest BCUT2D eigenvalue weighted by Crippen LogP contribution is -2.20. The molecule has 0 saturated carbocycles. The molecule has 0 aromatic heterocycles. The average Bonchev–Trinajstić information content (AvgIpc) is 2.10. The molecule has 2 nitrogen and oxygen atoms in total. The number of Topliss-reactive ketones (excluding diaryl/α,β-unsaturated/α-hetero) is 1. The van der Waals surface area contributed by atoms with Gasteiger partial charge < -0.3 is 5.73 Å². The normalized spacial score (nSPS) is 12.5. The molecule has 82 valence electrons. The van der Waals surface area contributed by atoms with Gasteiger partial charge in [0.15, 0.2) is 0 Å². The highest BCUT2D eigenvalue weighted by Gasteiger charge is 2.09. The molecule has 3 heteroatoms. The third kappa shape index (κ3) is 3.80. The van der Waals surface area contributed by atoms with Crippen molar-refractivity contribution < 1.29 is 9.18 Å². The van der Waals surface area contributed by atoms with Crippen LogP contribution >= 0.6 is 0 Å². The third-order valence-electron chi connectivity index (χ3n) is 2.25. The Kier molecular flexibility index (Phi) is 3.97. The topological polar surface area (TPSA) is 43.1 Å². The van der Waals surface area contributed by atoms with Crippen molar-refractivity contribution in [2.24, 2.45) is 5.73 Å². The zero-order valence-corrected chi connectivity index (χ0v) is 9.09. The van der Waals surface area contributed by atoms with E-state index in [1.165, 1.54) is 12.1 Å². The molecule has 1 unspecified atom stereocenters. The van der Waals surface area contributed by atoms with Crippen LogP contribution in [0.5, 0.6) is 0 Å². The van der Waals surface area contributed by atoms with Crippen molar-refractivity contribution in [2.45, 2.75) is 32.7 Å². The van der Waals surface area contributed by atoms with Crippen LogP contribution in [0.1, 0.15) is 24.5 Å². The van der Waals surface area contributed by atoms with Gasteiger partial charge in [0.1, 0.15) is 11.6 Å². The van der Waals surface area contributed by atoms with Gasteiger partial charge in [0, 0.05) is 18.9 Å². The Bertz CT molecular complexity index is 361. The van der Waals surface area contributed by atoms with Gasteiger partial charge in [-0.25, -0.2) is 4.39 Å². The van der Waals surface area contributed by atoms with Crippen molar-refractivity contribution >= 4 is 5.78 Å². The summed E-state index contributed by atoms with van der Waals surface area (Å²) >= 11 is 0. The first-order valence-electron chi connectivity index (χ1n) is 5.01. The summed E-state index contributed by atoms with van der Waals surface area (Å²) in [6, 6.07) is 4.36. The van der Waals surface area contributed by atoms with Crippen LogP contribution in [0.2, 0.25) is 0 Å². The molecule has 1 rings (SSSR count). The minimum Gasteiger partial charge on any atom is -0.328 e. The molecule has 0 aliphatic rings. The van der Waals surface area contributed by atoms with Gasteiger partial charge in [-0.05, 0) is 37.1 Å². The van der Waals surface area contributed by atoms with E-state index in [1.807, 2.05) is 6.92 Å². The second kappa shape index (κ2) is 5.03. The smallest absolute Gasteiger partial charge is 0.138 e. The summed E-state index contributed by atoms with van der Waals surface area (Å²) in [4.78, 5) is 11.5. The number of rotatable bonds is 4. The summed E-state index contributed by atoms with van der Waals surface area (Å²) < 4.78 is 12.9. The SMILES string of the molecule is Cc1ccc(F)cc1CC(=O)CC(C)N. The van der Waals surface area contributed by atoms with Crippen molar-refractivity contribution in [3.8, 4) is 0 Å². The van der Waals surface area contributed by atoms with Crippen molar-refractivity contribution in [1.29, 1.82) is 0 Å². The molecule has 15 heavy (non-hydrogen) atoms. The molecule has 0 aliphatic carbocycles. The molecule has 0 fully saturated rings. The molecule has 0 radical (unpaired) electrons. The first-order valence-corrected chi connectivity index (χ1v) is 5.01. The standard InChI is InChI=1S/C12H16FNO/c1-8-3-4-11(13)6-10(8)7-12(15)5-9(2)14/h3-4,6,9H,5,7,14H2,1-2H3. The van der Waals surface area contributed by atoms with E-state index in [1.54, 1.807) is 13.0 Å². The van der Waals surface area contributed by atoms with E-state index in [0.29, 0.717) is 6.42 Å². The highest BCUT2D eigenvalue weighted by molar-refractivity contribution is 5.81. The van der Waals surface area contributed by atoms with Gasteiger partial charge in [0.2, 0.25) is 0 Å². The molecular formula is C12H16FNO. The van der Waals surface area contributed by atoms with Crippen molar-refractivity contribution in [1.82, 2.24) is 0 Å². The van der Waals surface area contributed by atoms with E-state index in [4.69, 9.17) is 5.73 Å². The number of benzene rings is 1. The van der Waals surface area contributed by atoms with Gasteiger partial charge in [-0.15, -0.1) is 0 Å². The monoisotopic (exact) mass is 209 g/mol. The van der Waals surface area contributed by atoms with E-state index in [0.717, 1.165) is 11.1 Å². The fourth-order valence-electron chi connectivity index (χ4n) is 1.47. The molecule has 0 spiro atoms. The second-order valence-electron chi connectivity index (χ2n) is 3.97. The first kappa shape index (κ1) is 11.9. The Hall–Kier alpha value is -1.22. The van der Waals surface area contributed by atoms with E-state index >= 15 is 0 Å². The van der Waals surface area contributed by atoms with E-state index in [9.17, 15) is 9.18 Å². The quantitative estimate of drug-likeness (QED) is 0.824. The molecule has 1 atom stereocenters. The maximum atomic E-state index is 12.9. The number of carbonyl (C=O) groups excluding carboxylic acids is 1. The molecule has 0 heterocycles. The summed E-state index contributed by atoms with van der Waals surface area (Å²) in [6.07, 6.45) is 0.612. The highest BCUT2D eigenvalue weighted by atomic mass is 19.1.